The minimum absolute atomic E-state index is 0.628. The maximum Gasteiger partial charge on any atom is 0.171 e. The maximum atomic E-state index is 5.30. The average Bonchev–Trinajstić information content (AvgIpc) is 2.97. The number of pyridine rings is 1. The van der Waals surface area contributed by atoms with Crippen molar-refractivity contribution in [3.63, 3.8) is 0 Å². The van der Waals surface area contributed by atoms with E-state index in [2.05, 4.69) is 44.8 Å². The second-order valence-electron chi connectivity index (χ2n) is 5.82. The minimum atomic E-state index is 0.628. The first-order valence-corrected chi connectivity index (χ1v) is 8.43. The van der Waals surface area contributed by atoms with Crippen molar-refractivity contribution >= 4 is 28.8 Å². The second-order valence-corrected chi connectivity index (χ2v) is 6.23. The number of fused-ring (bicyclic) bond motifs is 1. The van der Waals surface area contributed by atoms with Gasteiger partial charge < -0.3 is 15.5 Å². The number of nitrogens with zero attached hydrogens (tertiary/aromatic N) is 2. The Morgan fingerprint density at radius 2 is 2.13 bits per heavy atom. The van der Waals surface area contributed by atoms with Crippen LogP contribution in [0.4, 0.5) is 11.5 Å². The molecule has 120 valence electrons. The molecule has 0 atom stereocenters. The van der Waals surface area contributed by atoms with Gasteiger partial charge in [-0.05, 0) is 55.2 Å². The number of benzene rings is 1. The summed E-state index contributed by atoms with van der Waals surface area (Å²) in [5, 5.41) is 6.98. The normalized spacial score (nSPS) is 12.8. The molecule has 0 aliphatic carbocycles. The summed E-state index contributed by atoms with van der Waals surface area (Å²) in [7, 11) is 0. The van der Waals surface area contributed by atoms with Gasteiger partial charge in [-0.25, -0.2) is 4.98 Å². The molecule has 2 heterocycles. The van der Waals surface area contributed by atoms with Gasteiger partial charge >= 0.3 is 0 Å². The van der Waals surface area contributed by atoms with E-state index in [0.29, 0.717) is 5.11 Å². The number of aryl methyl sites for hydroxylation is 1. The zero-order chi connectivity index (χ0) is 16.1. The molecule has 2 N–H and O–H groups in total. The van der Waals surface area contributed by atoms with E-state index in [1.165, 1.54) is 11.3 Å². The van der Waals surface area contributed by atoms with Crippen LogP contribution in [0.2, 0.25) is 0 Å². The maximum absolute atomic E-state index is 5.30. The molecule has 0 unspecified atom stereocenters. The van der Waals surface area contributed by atoms with Gasteiger partial charge in [-0.3, -0.25) is 0 Å². The molecule has 1 aromatic heterocycles. The van der Waals surface area contributed by atoms with E-state index in [4.69, 9.17) is 12.2 Å². The Balaban J connectivity index is 1.39. The molecule has 0 fully saturated rings. The van der Waals surface area contributed by atoms with Gasteiger partial charge in [0, 0.05) is 31.5 Å². The zero-order valence-corrected chi connectivity index (χ0v) is 14.2. The third-order valence-electron chi connectivity index (χ3n) is 4.03. The monoisotopic (exact) mass is 326 g/mol. The Morgan fingerprint density at radius 1 is 1.26 bits per heavy atom. The third-order valence-corrected chi connectivity index (χ3v) is 4.27. The first-order valence-electron chi connectivity index (χ1n) is 8.03. The first-order chi connectivity index (χ1) is 11.2. The van der Waals surface area contributed by atoms with Crippen LogP contribution in [0.5, 0.6) is 0 Å². The van der Waals surface area contributed by atoms with Crippen LogP contribution in [0.25, 0.3) is 0 Å². The lowest BCUT2D eigenvalue weighted by Gasteiger charge is -2.19. The van der Waals surface area contributed by atoms with Crippen LogP contribution in [-0.4, -0.2) is 29.7 Å². The Morgan fingerprint density at radius 3 is 2.96 bits per heavy atom. The summed E-state index contributed by atoms with van der Waals surface area (Å²) in [4.78, 5) is 6.74. The lowest BCUT2D eigenvalue weighted by Crippen LogP contribution is -2.32. The summed E-state index contributed by atoms with van der Waals surface area (Å²) in [5.74, 6) is 0.779. The molecule has 2 aromatic rings. The molecule has 1 aliphatic rings. The van der Waals surface area contributed by atoms with E-state index < -0.39 is 0 Å². The minimum Gasteiger partial charge on any atom is -0.371 e. The van der Waals surface area contributed by atoms with Crippen LogP contribution in [0, 0.1) is 6.92 Å². The number of nitrogens with one attached hydrogen (secondary N) is 2. The highest BCUT2D eigenvalue weighted by Gasteiger charge is 2.17. The quantitative estimate of drug-likeness (QED) is 0.652. The number of para-hydroxylation sites is 1. The number of rotatable bonds is 5. The Labute approximate surface area is 142 Å². The Hall–Kier alpha value is -2.14. The van der Waals surface area contributed by atoms with Gasteiger partial charge in [-0.15, -0.1) is 0 Å². The Kier molecular flexibility index (Phi) is 5.08. The van der Waals surface area contributed by atoms with E-state index in [9.17, 15) is 0 Å². The van der Waals surface area contributed by atoms with Crippen LogP contribution >= 0.6 is 12.2 Å². The van der Waals surface area contributed by atoms with Gasteiger partial charge in [-0.2, -0.15) is 0 Å². The molecule has 0 saturated heterocycles. The summed E-state index contributed by atoms with van der Waals surface area (Å²) in [6.07, 6.45) is 4.04. The third kappa shape index (κ3) is 4.20. The van der Waals surface area contributed by atoms with E-state index in [1.54, 1.807) is 0 Å². The highest BCUT2D eigenvalue weighted by atomic mass is 32.1. The molecule has 0 spiro atoms. The topological polar surface area (TPSA) is 40.2 Å². The van der Waals surface area contributed by atoms with Crippen molar-refractivity contribution in [3.8, 4) is 0 Å². The molecule has 1 aliphatic heterocycles. The van der Waals surface area contributed by atoms with Crippen molar-refractivity contribution in [2.45, 2.75) is 19.8 Å². The van der Waals surface area contributed by atoms with E-state index in [0.717, 1.165) is 43.9 Å². The van der Waals surface area contributed by atoms with Crippen LogP contribution in [0.15, 0.2) is 42.6 Å². The summed E-state index contributed by atoms with van der Waals surface area (Å²) in [5.41, 5.74) is 3.99. The van der Waals surface area contributed by atoms with Gasteiger partial charge in [0.05, 0.1) is 0 Å². The fraction of sp³-hybridized carbons (Fsp3) is 0.333. The first kappa shape index (κ1) is 15.7. The summed E-state index contributed by atoms with van der Waals surface area (Å²) in [6, 6.07) is 12.6. The van der Waals surface area contributed by atoms with Crippen LogP contribution in [-0.2, 0) is 6.42 Å². The predicted molar refractivity (Wildman–Crippen MR) is 100 cm³/mol. The van der Waals surface area contributed by atoms with Crippen molar-refractivity contribution in [1.82, 2.24) is 10.3 Å². The molecule has 1 aromatic carbocycles. The molecule has 3 rings (SSSR count). The van der Waals surface area contributed by atoms with Crippen LogP contribution in [0.3, 0.4) is 0 Å². The van der Waals surface area contributed by atoms with Gasteiger partial charge in [0.15, 0.2) is 5.11 Å². The lowest BCUT2D eigenvalue weighted by atomic mass is 10.2. The molecule has 23 heavy (non-hydrogen) atoms. The van der Waals surface area contributed by atoms with Crippen LogP contribution in [0.1, 0.15) is 17.5 Å². The lowest BCUT2D eigenvalue weighted by molar-refractivity contribution is 0.730. The molecular weight excluding hydrogens is 304 g/mol. The predicted octanol–water partition coefficient (Wildman–Crippen LogP) is 3.13. The molecule has 5 heteroatoms. The molecule has 0 radical (unpaired) electrons. The average molecular weight is 326 g/mol. The number of aromatic nitrogens is 1. The van der Waals surface area contributed by atoms with E-state index in [-0.39, 0.29) is 0 Å². The van der Waals surface area contributed by atoms with Crippen molar-refractivity contribution in [2.75, 3.05) is 29.9 Å². The van der Waals surface area contributed by atoms with E-state index in [1.807, 2.05) is 25.3 Å². The SMILES string of the molecule is Cc1ccc(NC(=S)NCCCN2CCc3ccccc32)nc1. The Bertz CT molecular complexity index is 669. The standard InChI is InChI=1S/C18H22N4S/c1-14-7-8-17(20-13-14)21-18(23)19-10-4-11-22-12-9-15-5-2-3-6-16(15)22/h2-3,5-8,13H,4,9-12H2,1H3,(H2,19,20,21,23). The van der Waals surface area contributed by atoms with Crippen molar-refractivity contribution in [2.24, 2.45) is 0 Å². The number of hydrogen-bond donors (Lipinski definition) is 2. The molecular formula is C18H22N4S. The molecule has 0 amide bonds. The highest BCUT2D eigenvalue weighted by molar-refractivity contribution is 7.80. The van der Waals surface area contributed by atoms with E-state index >= 15 is 0 Å². The van der Waals surface area contributed by atoms with Gasteiger partial charge in [-0.1, -0.05) is 24.3 Å². The van der Waals surface area contributed by atoms with Gasteiger partial charge in [0.2, 0.25) is 0 Å². The van der Waals surface area contributed by atoms with Crippen LogP contribution < -0.4 is 15.5 Å². The summed E-state index contributed by atoms with van der Waals surface area (Å²) >= 11 is 5.30. The molecule has 0 bridgehead atoms. The molecule has 4 nitrogen and oxygen atoms in total. The number of thiocarbonyl (C=S) groups is 1. The second kappa shape index (κ2) is 7.42. The largest absolute Gasteiger partial charge is 0.371 e. The smallest absolute Gasteiger partial charge is 0.171 e. The van der Waals surface area contributed by atoms with Crippen molar-refractivity contribution in [3.05, 3.63) is 53.7 Å². The van der Waals surface area contributed by atoms with Crippen molar-refractivity contribution < 1.29 is 0 Å². The fourth-order valence-electron chi connectivity index (χ4n) is 2.81. The summed E-state index contributed by atoms with van der Waals surface area (Å²) in [6.45, 7) is 5.05. The molecule has 0 saturated carbocycles. The number of hydrogen-bond acceptors (Lipinski definition) is 3. The van der Waals surface area contributed by atoms with Crippen molar-refractivity contribution in [1.29, 1.82) is 0 Å². The van der Waals surface area contributed by atoms with Gasteiger partial charge in [0.25, 0.3) is 0 Å². The fourth-order valence-corrected chi connectivity index (χ4v) is 3.02. The highest BCUT2D eigenvalue weighted by Crippen LogP contribution is 2.27. The van der Waals surface area contributed by atoms with Gasteiger partial charge in [0.1, 0.15) is 5.82 Å². The summed E-state index contributed by atoms with van der Waals surface area (Å²) < 4.78 is 0. The number of anilines is 2. The zero-order valence-electron chi connectivity index (χ0n) is 13.4.